The van der Waals surface area contributed by atoms with E-state index in [1.54, 1.807) is 18.2 Å². The first kappa shape index (κ1) is 17.5. The Morgan fingerprint density at radius 1 is 1.19 bits per heavy atom. The summed E-state index contributed by atoms with van der Waals surface area (Å²) in [5.41, 5.74) is 3.37. The van der Waals surface area contributed by atoms with Crippen molar-refractivity contribution in [2.75, 3.05) is 6.61 Å². The van der Waals surface area contributed by atoms with Crippen LogP contribution in [0.5, 0.6) is 5.75 Å². The van der Waals surface area contributed by atoms with E-state index in [1.807, 2.05) is 49.4 Å². The summed E-state index contributed by atoms with van der Waals surface area (Å²) in [6.45, 7) is 0.699. The van der Waals surface area contributed by atoms with Gasteiger partial charge in [0.1, 0.15) is 12.0 Å². The molecule has 0 amide bonds. The number of allylic oxidation sites excluding steroid dienone is 2. The monoisotopic (exact) mass is 366 g/mol. The minimum atomic E-state index is -3.90. The molecule has 2 aliphatic heterocycles. The molecule has 0 bridgehead atoms. The number of fused-ring (bicyclic) bond motifs is 2. The van der Waals surface area contributed by atoms with Gasteiger partial charge in [0.15, 0.2) is 5.70 Å². The number of benzene rings is 1. The van der Waals surface area contributed by atoms with E-state index < -0.39 is 6.97 Å². The summed E-state index contributed by atoms with van der Waals surface area (Å²) in [5.74, 6) is 0.814. The number of halogens is 2. The number of ether oxygens (including phenoxy) is 1. The zero-order chi connectivity index (χ0) is 19.0. The van der Waals surface area contributed by atoms with Crippen molar-refractivity contribution in [2.45, 2.75) is 20.3 Å². The Bertz CT molecular complexity index is 998. The lowest BCUT2D eigenvalue weighted by Gasteiger charge is -2.29. The van der Waals surface area contributed by atoms with Gasteiger partial charge in [0.25, 0.3) is 0 Å². The Labute approximate surface area is 157 Å². The van der Waals surface area contributed by atoms with Gasteiger partial charge in [-0.15, -0.1) is 0 Å². The van der Waals surface area contributed by atoms with Gasteiger partial charge in [-0.25, -0.2) is 0 Å². The molecule has 4 rings (SSSR count). The maximum atomic E-state index is 15.1. The Kier molecular flexibility index (Phi) is 4.34. The van der Waals surface area contributed by atoms with Gasteiger partial charge in [-0.2, -0.15) is 0 Å². The largest absolute Gasteiger partial charge is 0.737 e. The van der Waals surface area contributed by atoms with E-state index in [1.165, 1.54) is 6.21 Å². The Balaban J connectivity index is 1.65. The molecule has 2 aliphatic rings. The average molecular weight is 366 g/mol. The van der Waals surface area contributed by atoms with Crippen LogP contribution in [0.2, 0.25) is 0 Å². The first-order valence-corrected chi connectivity index (χ1v) is 9.17. The Morgan fingerprint density at radius 3 is 2.70 bits per heavy atom. The van der Waals surface area contributed by atoms with Gasteiger partial charge >= 0.3 is 6.97 Å². The van der Waals surface area contributed by atoms with Crippen LogP contribution in [-0.2, 0) is 0 Å². The number of hydrogen-bond acceptors (Lipinski definition) is 1. The first-order chi connectivity index (χ1) is 13.0. The van der Waals surface area contributed by atoms with Crippen molar-refractivity contribution in [3.8, 4) is 5.75 Å². The minimum absolute atomic E-state index is 0.495. The average Bonchev–Trinajstić information content (AvgIpc) is 3.25. The molecule has 0 saturated heterocycles. The van der Waals surface area contributed by atoms with E-state index in [-0.39, 0.29) is 0 Å². The van der Waals surface area contributed by atoms with Gasteiger partial charge in [-0.3, -0.25) is 0 Å². The second kappa shape index (κ2) is 6.69. The molecule has 138 valence electrons. The summed E-state index contributed by atoms with van der Waals surface area (Å²) in [5, 5.41) is 0. The molecule has 0 fully saturated rings. The van der Waals surface area contributed by atoms with Crippen molar-refractivity contribution in [3.05, 3.63) is 70.7 Å². The molecule has 0 radical (unpaired) electrons. The van der Waals surface area contributed by atoms with Crippen LogP contribution < -0.4 is 4.74 Å². The molecule has 2 aromatic rings. The first-order valence-electron chi connectivity index (χ1n) is 9.17. The lowest BCUT2D eigenvalue weighted by molar-refractivity contribution is -0.355. The molecule has 0 saturated carbocycles. The van der Waals surface area contributed by atoms with Crippen molar-refractivity contribution in [3.63, 3.8) is 0 Å². The fourth-order valence-electron chi connectivity index (χ4n) is 3.51. The topological polar surface area (TPSA) is 17.2 Å². The summed E-state index contributed by atoms with van der Waals surface area (Å²) in [7, 11) is 0. The molecule has 6 heteroatoms. The Hall–Kier alpha value is -2.89. The molecule has 3 nitrogen and oxygen atoms in total. The molecule has 0 aliphatic carbocycles. The summed E-state index contributed by atoms with van der Waals surface area (Å²) in [4.78, 5) is 0. The highest BCUT2D eigenvalue weighted by Gasteiger charge is 2.50. The van der Waals surface area contributed by atoms with Crippen LogP contribution >= 0.6 is 0 Å². The van der Waals surface area contributed by atoms with Gasteiger partial charge < -0.3 is 22.3 Å². The summed E-state index contributed by atoms with van der Waals surface area (Å²) >= 11 is 0. The van der Waals surface area contributed by atoms with Gasteiger partial charge in [0, 0.05) is 29.6 Å². The third-order valence-corrected chi connectivity index (χ3v) is 4.85. The zero-order valence-electron chi connectivity index (χ0n) is 15.4. The van der Waals surface area contributed by atoms with Crippen LogP contribution in [0, 0.1) is 6.92 Å². The predicted octanol–water partition coefficient (Wildman–Crippen LogP) is 4.99. The third kappa shape index (κ3) is 3.05. The van der Waals surface area contributed by atoms with Crippen molar-refractivity contribution in [2.24, 2.45) is 0 Å². The van der Waals surface area contributed by atoms with Crippen molar-refractivity contribution < 1.29 is 17.9 Å². The molecular formula is C21H21BF2N2O. The van der Waals surface area contributed by atoms with E-state index in [2.05, 4.69) is 6.92 Å². The van der Waals surface area contributed by atoms with Crippen LogP contribution in [0.4, 0.5) is 8.63 Å². The minimum Gasteiger partial charge on any atom is -0.494 e. The van der Waals surface area contributed by atoms with Crippen LogP contribution in [-0.4, -0.2) is 28.8 Å². The van der Waals surface area contributed by atoms with Gasteiger partial charge in [0.2, 0.25) is 0 Å². The van der Waals surface area contributed by atoms with E-state index in [0.29, 0.717) is 23.7 Å². The lowest BCUT2D eigenvalue weighted by atomic mass is 9.91. The molecular weight excluding hydrogens is 345 g/mol. The number of aryl methyl sites for hydroxylation is 1. The molecule has 1 aromatic heterocycles. The standard InChI is InChI=1S/C21H21BF2N2O/c1-3-13-27-20-10-7-17(8-11-20)6-9-19-14-16(2)21-15-18-5-4-12-25(18)22(23,24)26(19)21/h4-12,14-15H,3,13H2,1-2H3. The molecule has 0 unspecified atom stereocenters. The number of nitrogens with zero attached hydrogens (tertiary/aromatic N) is 2. The van der Waals surface area contributed by atoms with Crippen LogP contribution in [0.1, 0.15) is 35.9 Å². The molecule has 1 aromatic carbocycles. The molecule has 27 heavy (non-hydrogen) atoms. The number of hydrogen-bond donors (Lipinski definition) is 0. The Morgan fingerprint density at radius 2 is 1.96 bits per heavy atom. The maximum absolute atomic E-state index is 15.1. The molecule has 3 heterocycles. The highest BCUT2D eigenvalue weighted by molar-refractivity contribution is 6.58. The second-order valence-electron chi connectivity index (χ2n) is 6.83. The van der Waals surface area contributed by atoms with E-state index in [4.69, 9.17) is 4.74 Å². The van der Waals surface area contributed by atoms with Crippen LogP contribution in [0.3, 0.4) is 0 Å². The lowest BCUT2D eigenvalue weighted by Crippen LogP contribution is -2.49. The second-order valence-corrected chi connectivity index (χ2v) is 6.83. The fourth-order valence-corrected chi connectivity index (χ4v) is 3.51. The van der Waals surface area contributed by atoms with Gasteiger partial charge in [0.05, 0.1) is 6.61 Å². The normalized spacial score (nSPS) is 16.9. The summed E-state index contributed by atoms with van der Waals surface area (Å²) in [6, 6.07) is 9.45. The maximum Gasteiger partial charge on any atom is 0.737 e. The third-order valence-electron chi connectivity index (χ3n) is 4.85. The smallest absolute Gasteiger partial charge is 0.494 e. The van der Waals surface area contributed by atoms with Crippen molar-refractivity contribution in [1.82, 2.24) is 4.48 Å². The predicted molar refractivity (Wildman–Crippen MR) is 107 cm³/mol. The van der Waals surface area contributed by atoms with E-state index in [0.717, 1.165) is 32.3 Å². The highest BCUT2D eigenvalue weighted by atomic mass is 19.2. The van der Waals surface area contributed by atoms with Crippen molar-refractivity contribution >= 4 is 31.4 Å². The number of aromatic nitrogens is 1. The molecule has 0 atom stereocenters. The van der Waals surface area contributed by atoms with E-state index in [9.17, 15) is 0 Å². The summed E-state index contributed by atoms with van der Waals surface area (Å²) in [6.07, 6.45) is 11.2. The van der Waals surface area contributed by atoms with Crippen molar-refractivity contribution in [1.29, 1.82) is 0 Å². The molecule has 0 N–H and O–H groups in total. The van der Waals surface area contributed by atoms with Gasteiger partial charge in [-0.05, 0) is 48.7 Å². The molecule has 0 spiro atoms. The van der Waals surface area contributed by atoms with Crippen LogP contribution in [0.15, 0.2) is 48.2 Å². The van der Waals surface area contributed by atoms with E-state index >= 15 is 8.63 Å². The highest BCUT2D eigenvalue weighted by Crippen LogP contribution is 2.33. The summed E-state index contributed by atoms with van der Waals surface area (Å²) < 4.78 is 38.0. The number of rotatable bonds is 5. The quantitative estimate of drug-likeness (QED) is 0.682. The zero-order valence-corrected chi connectivity index (χ0v) is 15.4. The van der Waals surface area contributed by atoms with Gasteiger partial charge in [-0.1, -0.05) is 25.1 Å². The SMILES string of the molecule is CCCOc1ccc(C=Cc2cc(C)c3n2[B-](F)(F)[N+]2=CC=CC2=C3)cc1. The van der Waals surface area contributed by atoms with Crippen LogP contribution in [0.25, 0.3) is 18.2 Å². The fraction of sp³-hybridized carbons (Fsp3) is 0.190.